The normalized spacial score (nSPS) is 11.9. The van der Waals surface area contributed by atoms with Gasteiger partial charge in [-0.25, -0.2) is 22.5 Å². The van der Waals surface area contributed by atoms with Gasteiger partial charge in [0.2, 0.25) is 0 Å². The number of aromatic nitrogens is 3. The quantitative estimate of drug-likeness (QED) is 0.914. The molecule has 2 aromatic rings. The van der Waals surface area contributed by atoms with Crippen molar-refractivity contribution in [1.29, 1.82) is 0 Å². The predicted molar refractivity (Wildman–Crippen MR) is 77.2 cm³/mol. The summed E-state index contributed by atoms with van der Waals surface area (Å²) in [6.45, 7) is 4.18. The van der Waals surface area contributed by atoms with Crippen molar-refractivity contribution in [2.75, 3.05) is 11.6 Å². The number of halogens is 1. The number of rotatable bonds is 5. The van der Waals surface area contributed by atoms with Gasteiger partial charge in [0.05, 0.1) is 12.2 Å². The first-order valence-corrected chi connectivity index (χ1v) is 8.30. The van der Waals surface area contributed by atoms with E-state index in [1.54, 1.807) is 4.68 Å². The third-order valence-electron chi connectivity index (χ3n) is 2.91. The highest BCUT2D eigenvalue weighted by Crippen LogP contribution is 2.24. The fourth-order valence-electron chi connectivity index (χ4n) is 2.03. The molecule has 0 saturated heterocycles. The predicted octanol–water partition coefficient (Wildman–Crippen LogP) is 2.01. The van der Waals surface area contributed by atoms with Gasteiger partial charge in [-0.2, -0.15) is 5.10 Å². The highest BCUT2D eigenvalue weighted by molar-refractivity contribution is 7.90. The number of nitrogens with zero attached hydrogens (tertiary/aromatic N) is 3. The lowest BCUT2D eigenvalue weighted by molar-refractivity contribution is 0.508. The zero-order valence-electron chi connectivity index (χ0n) is 12.0. The first-order valence-electron chi connectivity index (χ1n) is 6.41. The van der Waals surface area contributed by atoms with Crippen molar-refractivity contribution in [2.24, 2.45) is 0 Å². The third-order valence-corrected chi connectivity index (χ3v) is 4.07. The van der Waals surface area contributed by atoms with Crippen molar-refractivity contribution in [2.45, 2.75) is 31.3 Å². The van der Waals surface area contributed by atoms with Crippen LogP contribution in [-0.4, -0.2) is 29.4 Å². The van der Waals surface area contributed by atoms with Crippen LogP contribution in [0.25, 0.3) is 0 Å². The molecule has 0 aliphatic heterocycles. The Morgan fingerprint density at radius 2 is 2.10 bits per heavy atom. The Morgan fingerprint density at radius 3 is 2.71 bits per heavy atom. The second-order valence-electron chi connectivity index (χ2n) is 4.96. The maximum absolute atomic E-state index is 13.8. The Hall–Kier alpha value is -1.96. The van der Waals surface area contributed by atoms with E-state index in [-0.39, 0.29) is 23.2 Å². The van der Waals surface area contributed by atoms with Gasteiger partial charge in [-0.1, -0.05) is 6.07 Å². The van der Waals surface area contributed by atoms with Gasteiger partial charge in [0.1, 0.15) is 22.9 Å². The average Bonchev–Trinajstić information content (AvgIpc) is 2.83. The van der Waals surface area contributed by atoms with Crippen molar-refractivity contribution in [3.05, 3.63) is 36.2 Å². The molecule has 0 unspecified atom stereocenters. The Kier molecular flexibility index (Phi) is 4.26. The minimum atomic E-state index is -3.66. The van der Waals surface area contributed by atoms with Gasteiger partial charge in [-0.15, -0.1) is 0 Å². The molecule has 1 aromatic heterocycles. The molecule has 2 rings (SSSR count). The van der Waals surface area contributed by atoms with E-state index in [0.717, 1.165) is 12.3 Å². The number of hydrogen-bond donors (Lipinski definition) is 1. The molecule has 0 radical (unpaired) electrons. The van der Waals surface area contributed by atoms with Crippen molar-refractivity contribution in [3.63, 3.8) is 0 Å². The molecular weight excluding hydrogens is 295 g/mol. The summed E-state index contributed by atoms with van der Waals surface area (Å²) in [6.07, 6.45) is 2.41. The van der Waals surface area contributed by atoms with Crippen molar-refractivity contribution < 1.29 is 12.8 Å². The fraction of sp³-hybridized carbons (Fsp3) is 0.385. The van der Waals surface area contributed by atoms with Crippen LogP contribution in [0.4, 0.5) is 10.1 Å². The summed E-state index contributed by atoms with van der Waals surface area (Å²) >= 11 is 0. The molecule has 1 N–H and O–H groups in total. The molecule has 0 saturated carbocycles. The van der Waals surface area contributed by atoms with Gasteiger partial charge in [-0.05, 0) is 26.0 Å². The maximum Gasteiger partial charge on any atom is 0.180 e. The monoisotopic (exact) mass is 312 g/mol. The summed E-state index contributed by atoms with van der Waals surface area (Å²) < 4.78 is 38.9. The molecule has 0 amide bonds. The molecule has 1 aromatic carbocycles. The molecule has 1 heterocycles. The molecule has 6 nitrogen and oxygen atoms in total. The largest absolute Gasteiger partial charge is 0.377 e. The molecule has 0 spiro atoms. The first kappa shape index (κ1) is 15.4. The zero-order chi connectivity index (χ0) is 15.6. The van der Waals surface area contributed by atoms with Gasteiger partial charge in [-0.3, -0.25) is 0 Å². The van der Waals surface area contributed by atoms with Crippen LogP contribution in [0.1, 0.15) is 25.7 Å². The van der Waals surface area contributed by atoms with Crippen LogP contribution in [0.15, 0.2) is 29.4 Å². The Balaban J connectivity index is 2.29. The smallest absolute Gasteiger partial charge is 0.180 e. The second-order valence-corrected chi connectivity index (χ2v) is 6.91. The van der Waals surface area contributed by atoms with Crippen LogP contribution >= 0.6 is 0 Å². The molecule has 8 heteroatoms. The molecule has 0 aliphatic rings. The fourth-order valence-corrected chi connectivity index (χ4v) is 2.99. The molecule has 114 valence electrons. The van der Waals surface area contributed by atoms with Gasteiger partial charge in [0.25, 0.3) is 0 Å². The number of hydrogen-bond acceptors (Lipinski definition) is 5. The topological polar surface area (TPSA) is 76.9 Å². The van der Waals surface area contributed by atoms with E-state index in [4.69, 9.17) is 0 Å². The summed E-state index contributed by atoms with van der Waals surface area (Å²) in [7, 11) is -3.66. The van der Waals surface area contributed by atoms with Crippen molar-refractivity contribution in [1.82, 2.24) is 14.8 Å². The highest BCUT2D eigenvalue weighted by Gasteiger charge is 2.19. The lowest BCUT2D eigenvalue weighted by Crippen LogP contribution is -2.14. The Morgan fingerprint density at radius 1 is 1.38 bits per heavy atom. The number of anilines is 1. The lowest BCUT2D eigenvalue weighted by atomic mass is 10.3. The van der Waals surface area contributed by atoms with E-state index in [9.17, 15) is 12.8 Å². The summed E-state index contributed by atoms with van der Waals surface area (Å²) in [5.74, 6) is -0.124. The van der Waals surface area contributed by atoms with Gasteiger partial charge < -0.3 is 5.32 Å². The number of benzene rings is 1. The number of nitrogens with one attached hydrogen (secondary N) is 1. The van der Waals surface area contributed by atoms with E-state index < -0.39 is 15.7 Å². The minimum absolute atomic E-state index is 0.131. The van der Waals surface area contributed by atoms with Crippen LogP contribution in [0, 0.1) is 5.82 Å². The highest BCUT2D eigenvalue weighted by atomic mass is 32.2. The van der Waals surface area contributed by atoms with Gasteiger partial charge >= 0.3 is 0 Å². The van der Waals surface area contributed by atoms with Crippen molar-refractivity contribution in [3.8, 4) is 0 Å². The first-order chi connectivity index (χ1) is 9.80. The molecule has 0 atom stereocenters. The zero-order valence-corrected chi connectivity index (χ0v) is 12.9. The molecule has 21 heavy (non-hydrogen) atoms. The van der Waals surface area contributed by atoms with Crippen LogP contribution in [0.5, 0.6) is 0 Å². The van der Waals surface area contributed by atoms with E-state index >= 15 is 0 Å². The van der Waals surface area contributed by atoms with Crippen LogP contribution < -0.4 is 5.32 Å². The van der Waals surface area contributed by atoms with E-state index in [1.807, 2.05) is 13.8 Å². The summed E-state index contributed by atoms with van der Waals surface area (Å²) in [4.78, 5) is 3.78. The standard InChI is InChI=1S/C13H17FN4O2S/c1-9(2)18-12(16-8-17-18)7-15-11-6-4-5-10(14)13(11)21(3,19)20/h4-6,8-9,15H,7H2,1-3H3. The summed E-state index contributed by atoms with van der Waals surface area (Å²) in [5.41, 5.74) is 0.218. The second kappa shape index (κ2) is 5.80. The van der Waals surface area contributed by atoms with Crippen LogP contribution in [-0.2, 0) is 16.4 Å². The Bertz CT molecular complexity index is 740. The van der Waals surface area contributed by atoms with Crippen LogP contribution in [0.3, 0.4) is 0 Å². The molecule has 0 bridgehead atoms. The maximum atomic E-state index is 13.8. The van der Waals surface area contributed by atoms with Gasteiger partial charge in [0.15, 0.2) is 9.84 Å². The van der Waals surface area contributed by atoms with Gasteiger partial charge in [0, 0.05) is 12.3 Å². The SMILES string of the molecule is CC(C)n1ncnc1CNc1cccc(F)c1S(C)(=O)=O. The van der Waals surface area contributed by atoms with E-state index in [0.29, 0.717) is 5.82 Å². The lowest BCUT2D eigenvalue weighted by Gasteiger charge is -2.13. The summed E-state index contributed by atoms with van der Waals surface area (Å²) in [6, 6.07) is 4.24. The molecular formula is C13H17FN4O2S. The van der Waals surface area contributed by atoms with Crippen LogP contribution in [0.2, 0.25) is 0 Å². The Labute approximate surface area is 122 Å². The molecule has 0 fully saturated rings. The third kappa shape index (κ3) is 3.38. The van der Waals surface area contributed by atoms with Crippen molar-refractivity contribution >= 4 is 15.5 Å². The van der Waals surface area contributed by atoms with E-state index in [2.05, 4.69) is 15.4 Å². The summed E-state index contributed by atoms with van der Waals surface area (Å²) in [5, 5.41) is 7.01. The molecule has 0 aliphatic carbocycles. The van der Waals surface area contributed by atoms with E-state index in [1.165, 1.54) is 18.5 Å². The minimum Gasteiger partial charge on any atom is -0.377 e. The average molecular weight is 312 g/mol. The number of sulfone groups is 1.